The van der Waals surface area contributed by atoms with Gasteiger partial charge in [-0.15, -0.1) is 0 Å². The normalized spacial score (nSPS) is 11.2. The molecule has 0 bridgehead atoms. The fourth-order valence-corrected chi connectivity index (χ4v) is 2.32. The highest BCUT2D eigenvalue weighted by Crippen LogP contribution is 2.25. The Bertz CT molecular complexity index is 942. The van der Waals surface area contributed by atoms with Crippen LogP contribution >= 0.6 is 0 Å². The largest absolute Gasteiger partial charge is 0.472 e. The van der Waals surface area contributed by atoms with Crippen LogP contribution in [0, 0.1) is 0 Å². The highest BCUT2D eigenvalue weighted by molar-refractivity contribution is 5.88. The van der Waals surface area contributed by atoms with E-state index in [4.69, 9.17) is 9.15 Å². The van der Waals surface area contributed by atoms with E-state index in [1.165, 1.54) is 0 Å². The number of rotatable bonds is 6. The molecule has 24 heavy (non-hydrogen) atoms. The number of ether oxygens (including phenoxy) is 1. The number of hydrogen-bond acceptors (Lipinski definition) is 7. The topological polar surface area (TPSA) is 107 Å². The van der Waals surface area contributed by atoms with Crippen molar-refractivity contribution < 1.29 is 9.15 Å². The van der Waals surface area contributed by atoms with Crippen LogP contribution in [0.1, 0.15) is 0 Å². The Morgan fingerprint density at radius 3 is 3.12 bits per heavy atom. The van der Waals surface area contributed by atoms with Gasteiger partial charge in [-0.25, -0.2) is 9.97 Å². The number of aromatic nitrogens is 6. The van der Waals surface area contributed by atoms with E-state index in [9.17, 15) is 0 Å². The monoisotopic (exact) mass is 325 g/mol. The maximum atomic E-state index is 5.11. The van der Waals surface area contributed by atoms with Gasteiger partial charge in [-0.2, -0.15) is 10.2 Å². The lowest BCUT2D eigenvalue weighted by molar-refractivity contribution is 0.183. The zero-order chi connectivity index (χ0) is 16.4. The zero-order valence-corrected chi connectivity index (χ0v) is 12.9. The van der Waals surface area contributed by atoms with Crippen LogP contribution in [-0.2, 0) is 11.3 Å². The van der Waals surface area contributed by atoms with E-state index in [0.717, 1.165) is 22.3 Å². The molecule has 9 nitrogen and oxygen atoms in total. The van der Waals surface area contributed by atoms with Crippen LogP contribution < -0.4 is 5.32 Å². The minimum atomic E-state index is 0.562. The number of hydrogen-bond donors (Lipinski definition) is 2. The van der Waals surface area contributed by atoms with Gasteiger partial charge in [-0.05, 0) is 6.07 Å². The summed E-state index contributed by atoms with van der Waals surface area (Å²) in [6.45, 7) is 1.28. The summed E-state index contributed by atoms with van der Waals surface area (Å²) in [7, 11) is 1.66. The van der Waals surface area contributed by atoms with Gasteiger partial charge in [0.05, 0.1) is 43.1 Å². The van der Waals surface area contributed by atoms with Crippen molar-refractivity contribution in [2.75, 3.05) is 19.0 Å². The molecule has 0 spiro atoms. The zero-order valence-electron chi connectivity index (χ0n) is 12.9. The van der Waals surface area contributed by atoms with Crippen LogP contribution in [-0.4, -0.2) is 43.7 Å². The molecule has 0 aliphatic rings. The maximum Gasteiger partial charge on any atom is 0.165 e. The van der Waals surface area contributed by atoms with Gasteiger partial charge >= 0.3 is 0 Å². The van der Waals surface area contributed by atoms with E-state index in [1.807, 2.05) is 12.3 Å². The Labute approximate surface area is 136 Å². The first-order valence-electron chi connectivity index (χ1n) is 7.35. The molecule has 0 aliphatic heterocycles. The fraction of sp³-hybridized carbons (Fsp3) is 0.200. The number of methoxy groups -OCH3 is 1. The Morgan fingerprint density at radius 2 is 2.29 bits per heavy atom. The third-order valence-corrected chi connectivity index (χ3v) is 3.50. The molecule has 0 amide bonds. The summed E-state index contributed by atoms with van der Waals surface area (Å²) in [5.74, 6) is 1.19. The van der Waals surface area contributed by atoms with Crippen molar-refractivity contribution in [3.8, 4) is 11.4 Å². The minimum Gasteiger partial charge on any atom is -0.472 e. The second kappa shape index (κ2) is 6.13. The standard InChI is InChI=1S/C15H15N7O2/c1-23-5-3-22-8-11(6-17-22)18-15-13-12(7-16-21-13)19-14(20-15)10-2-4-24-9-10/h2,4,6-9H,3,5H2,1H3,(H,16,21)(H,18,19,20). The van der Waals surface area contributed by atoms with E-state index in [-0.39, 0.29) is 0 Å². The maximum absolute atomic E-state index is 5.11. The summed E-state index contributed by atoms with van der Waals surface area (Å²) >= 11 is 0. The second-order valence-corrected chi connectivity index (χ2v) is 5.15. The molecule has 0 saturated heterocycles. The molecule has 4 rings (SSSR count). The number of fused-ring (bicyclic) bond motifs is 1. The third-order valence-electron chi connectivity index (χ3n) is 3.50. The number of furan rings is 1. The van der Waals surface area contributed by atoms with Crippen molar-refractivity contribution in [2.45, 2.75) is 6.54 Å². The van der Waals surface area contributed by atoms with Gasteiger partial charge < -0.3 is 14.5 Å². The summed E-state index contributed by atoms with van der Waals surface area (Å²) in [6.07, 6.45) is 8.48. The number of anilines is 2. The molecule has 4 aromatic rings. The van der Waals surface area contributed by atoms with E-state index in [0.29, 0.717) is 24.8 Å². The van der Waals surface area contributed by atoms with Crippen LogP contribution in [0.3, 0.4) is 0 Å². The van der Waals surface area contributed by atoms with E-state index < -0.39 is 0 Å². The predicted molar refractivity (Wildman–Crippen MR) is 86.8 cm³/mol. The van der Waals surface area contributed by atoms with Crippen LogP contribution in [0.5, 0.6) is 0 Å². The Hall–Kier alpha value is -3.20. The second-order valence-electron chi connectivity index (χ2n) is 5.15. The lowest BCUT2D eigenvalue weighted by Crippen LogP contribution is -2.04. The van der Waals surface area contributed by atoms with Crippen molar-refractivity contribution >= 4 is 22.5 Å². The smallest absolute Gasteiger partial charge is 0.165 e. The molecular weight excluding hydrogens is 310 g/mol. The quantitative estimate of drug-likeness (QED) is 0.559. The van der Waals surface area contributed by atoms with Gasteiger partial charge in [0.2, 0.25) is 0 Å². The third kappa shape index (κ3) is 2.72. The highest BCUT2D eigenvalue weighted by Gasteiger charge is 2.12. The number of nitrogens with zero attached hydrogens (tertiary/aromatic N) is 5. The molecule has 0 atom stereocenters. The summed E-state index contributed by atoms with van der Waals surface area (Å²) in [5, 5.41) is 14.5. The van der Waals surface area contributed by atoms with Crippen molar-refractivity contribution in [2.24, 2.45) is 0 Å². The molecular formula is C15H15N7O2. The molecule has 0 fully saturated rings. The van der Waals surface area contributed by atoms with Crippen LogP contribution in [0.25, 0.3) is 22.4 Å². The molecule has 4 aromatic heterocycles. The molecule has 0 aromatic carbocycles. The average molecular weight is 325 g/mol. The summed E-state index contributed by atoms with van der Waals surface area (Å²) in [4.78, 5) is 9.05. The Kier molecular flexibility index (Phi) is 3.67. The van der Waals surface area contributed by atoms with Crippen molar-refractivity contribution in [3.05, 3.63) is 37.2 Å². The van der Waals surface area contributed by atoms with E-state index in [2.05, 4.69) is 30.6 Å². The number of aromatic amines is 1. The molecule has 122 valence electrons. The van der Waals surface area contributed by atoms with Crippen molar-refractivity contribution in [1.82, 2.24) is 29.9 Å². The number of H-pyrrole nitrogens is 1. The van der Waals surface area contributed by atoms with Gasteiger partial charge in [0, 0.05) is 13.3 Å². The van der Waals surface area contributed by atoms with Crippen LogP contribution in [0.15, 0.2) is 41.6 Å². The first kappa shape index (κ1) is 14.4. The molecule has 0 unspecified atom stereocenters. The lowest BCUT2D eigenvalue weighted by atomic mass is 10.3. The average Bonchev–Trinajstić information content (AvgIpc) is 3.33. The first-order valence-corrected chi connectivity index (χ1v) is 7.35. The van der Waals surface area contributed by atoms with E-state index >= 15 is 0 Å². The lowest BCUT2D eigenvalue weighted by Gasteiger charge is -2.06. The van der Waals surface area contributed by atoms with Gasteiger partial charge in [-0.3, -0.25) is 9.78 Å². The highest BCUT2D eigenvalue weighted by atomic mass is 16.5. The fourth-order valence-electron chi connectivity index (χ4n) is 2.32. The minimum absolute atomic E-state index is 0.562. The summed E-state index contributed by atoms with van der Waals surface area (Å²) < 4.78 is 12.0. The van der Waals surface area contributed by atoms with Crippen LogP contribution in [0.2, 0.25) is 0 Å². The number of nitrogens with one attached hydrogen (secondary N) is 2. The molecule has 9 heteroatoms. The van der Waals surface area contributed by atoms with Crippen LogP contribution in [0.4, 0.5) is 11.5 Å². The van der Waals surface area contributed by atoms with Gasteiger partial charge in [0.15, 0.2) is 11.6 Å². The summed E-state index contributed by atoms with van der Waals surface area (Å²) in [6, 6.07) is 1.81. The van der Waals surface area contributed by atoms with Crippen molar-refractivity contribution in [3.63, 3.8) is 0 Å². The molecule has 0 saturated carbocycles. The van der Waals surface area contributed by atoms with E-state index in [1.54, 1.807) is 36.7 Å². The predicted octanol–water partition coefficient (Wildman–Crippen LogP) is 2.20. The SMILES string of the molecule is COCCn1cc(Nc2nc(-c3ccoc3)nc3cn[nH]c23)cn1. The Balaban J connectivity index is 1.68. The summed E-state index contributed by atoms with van der Waals surface area (Å²) in [5.41, 5.74) is 3.07. The van der Waals surface area contributed by atoms with Crippen molar-refractivity contribution in [1.29, 1.82) is 0 Å². The van der Waals surface area contributed by atoms with Gasteiger partial charge in [0.25, 0.3) is 0 Å². The molecule has 2 N–H and O–H groups in total. The molecule has 4 heterocycles. The van der Waals surface area contributed by atoms with Gasteiger partial charge in [-0.1, -0.05) is 0 Å². The first-order chi connectivity index (χ1) is 11.8. The Morgan fingerprint density at radius 1 is 1.33 bits per heavy atom. The van der Waals surface area contributed by atoms with Gasteiger partial charge in [0.1, 0.15) is 17.3 Å². The molecule has 0 aliphatic carbocycles. The molecule has 0 radical (unpaired) electrons.